The molecule has 0 fully saturated rings. The minimum atomic E-state index is -0.380. The highest BCUT2D eigenvalue weighted by Gasteiger charge is 1.94. The van der Waals surface area contributed by atoms with Gasteiger partial charge in [0.15, 0.2) is 0 Å². The Hall–Kier alpha value is -1.92. The number of nitrogens with one attached hydrogen (secondary N) is 1. The number of nitrogens with zero attached hydrogens (tertiary/aromatic N) is 5. The maximum atomic E-state index is 9.83. The third-order valence-corrected chi connectivity index (χ3v) is 0.694. The van der Waals surface area contributed by atoms with E-state index in [0.717, 1.165) is 6.21 Å². The zero-order valence-electron chi connectivity index (χ0n) is 5.38. The number of carbonyl (C=O) groups is 1. The minimum Gasteiger partial charge on any atom is -0.264 e. The third-order valence-electron chi connectivity index (χ3n) is 0.694. The first kappa shape index (κ1) is 7.19. The molecule has 7 heteroatoms. The van der Waals surface area contributed by atoms with Gasteiger partial charge in [0, 0.05) is 0 Å². The molecular formula is C4H4N6O. The first-order chi connectivity index (χ1) is 5.39. The van der Waals surface area contributed by atoms with E-state index in [4.69, 9.17) is 0 Å². The van der Waals surface area contributed by atoms with Crippen LogP contribution < -0.4 is 0 Å². The number of aromatic nitrogens is 3. The molecule has 0 spiro atoms. The number of rotatable bonds is 0. The number of aromatic amines is 1. The summed E-state index contributed by atoms with van der Waals surface area (Å²) in [6.45, 7) is 0. The van der Waals surface area contributed by atoms with E-state index in [2.05, 4.69) is 30.8 Å². The molecule has 0 saturated carbocycles. The summed E-state index contributed by atoms with van der Waals surface area (Å²) in [7, 11) is 0. The Balaban J connectivity index is 0.000000112. The normalized spacial score (nSPS) is 12.9. The summed E-state index contributed by atoms with van der Waals surface area (Å²) in [5, 5.41) is 18.5. The standard InChI is InChI=1S/C2HN3O.C2H3N3/c6-2-1-3-5-4-2;1-2-4-5-3-1/h1H;1-2H,(H,3,4,5). The van der Waals surface area contributed by atoms with Crippen molar-refractivity contribution >= 4 is 12.1 Å². The van der Waals surface area contributed by atoms with E-state index in [9.17, 15) is 4.79 Å². The Morgan fingerprint density at radius 3 is 2.18 bits per heavy atom. The molecule has 2 rings (SSSR count). The second-order valence-electron chi connectivity index (χ2n) is 1.43. The maximum Gasteiger partial charge on any atom is 0.310 e. The fourth-order valence-corrected chi connectivity index (χ4v) is 0.338. The lowest BCUT2D eigenvalue weighted by molar-refractivity contribution is -0.111. The van der Waals surface area contributed by atoms with Crippen molar-refractivity contribution in [2.45, 2.75) is 0 Å². The van der Waals surface area contributed by atoms with Crippen molar-refractivity contribution < 1.29 is 4.79 Å². The monoisotopic (exact) mass is 152 g/mol. The van der Waals surface area contributed by atoms with E-state index < -0.39 is 0 Å². The van der Waals surface area contributed by atoms with Crippen LogP contribution >= 0.6 is 0 Å². The number of H-pyrrole nitrogens is 1. The molecule has 1 N–H and O–H groups in total. The zero-order valence-corrected chi connectivity index (χ0v) is 5.38. The molecule has 1 aliphatic rings. The molecule has 0 saturated heterocycles. The molecule has 0 aromatic carbocycles. The van der Waals surface area contributed by atoms with Crippen LogP contribution in [0.3, 0.4) is 0 Å². The van der Waals surface area contributed by atoms with Crippen LogP contribution in [0.2, 0.25) is 0 Å². The van der Waals surface area contributed by atoms with Gasteiger partial charge in [0.1, 0.15) is 6.21 Å². The topological polar surface area (TPSA) is 95.7 Å². The van der Waals surface area contributed by atoms with Crippen molar-refractivity contribution in [3.63, 3.8) is 0 Å². The van der Waals surface area contributed by atoms with E-state index in [1.807, 2.05) is 0 Å². The highest BCUT2D eigenvalue weighted by molar-refractivity contribution is 6.27. The fourth-order valence-electron chi connectivity index (χ4n) is 0.338. The van der Waals surface area contributed by atoms with Gasteiger partial charge in [0.05, 0.1) is 12.4 Å². The SMILES string of the molecule is O=C1C=NN=N1.c1cn[nH]n1. The van der Waals surface area contributed by atoms with Crippen LogP contribution in [0.25, 0.3) is 0 Å². The molecule has 2 heterocycles. The quantitative estimate of drug-likeness (QED) is 0.556. The Bertz CT molecular complexity index is 231. The van der Waals surface area contributed by atoms with E-state index in [0.29, 0.717) is 0 Å². The van der Waals surface area contributed by atoms with Gasteiger partial charge < -0.3 is 0 Å². The maximum absolute atomic E-state index is 9.83. The molecule has 56 valence electrons. The predicted octanol–water partition coefficient (Wildman–Crippen LogP) is -0.231. The van der Waals surface area contributed by atoms with Crippen molar-refractivity contribution in [3.8, 4) is 0 Å². The molecule has 0 unspecified atom stereocenters. The molecule has 7 nitrogen and oxygen atoms in total. The fraction of sp³-hybridized carbons (Fsp3) is 0. The Labute approximate surface area is 61.2 Å². The molecule has 1 aromatic rings. The van der Waals surface area contributed by atoms with Gasteiger partial charge in [0.2, 0.25) is 0 Å². The van der Waals surface area contributed by atoms with E-state index >= 15 is 0 Å². The Morgan fingerprint density at radius 1 is 1.27 bits per heavy atom. The minimum absolute atomic E-state index is 0.380. The molecule has 1 aromatic heterocycles. The lowest BCUT2D eigenvalue weighted by atomic mass is 10.7. The molecule has 1 amide bonds. The lowest BCUT2D eigenvalue weighted by Gasteiger charge is -1.55. The van der Waals surface area contributed by atoms with Crippen LogP contribution in [0.4, 0.5) is 0 Å². The number of carbonyl (C=O) groups excluding carboxylic acids is 1. The van der Waals surface area contributed by atoms with Gasteiger partial charge >= 0.3 is 5.91 Å². The number of amides is 1. The third kappa shape index (κ3) is 2.94. The van der Waals surface area contributed by atoms with Gasteiger partial charge in [-0.2, -0.15) is 15.4 Å². The highest BCUT2D eigenvalue weighted by atomic mass is 16.2. The molecular weight excluding hydrogens is 148 g/mol. The molecule has 0 bridgehead atoms. The van der Waals surface area contributed by atoms with Crippen LogP contribution in [0.5, 0.6) is 0 Å². The summed E-state index contributed by atoms with van der Waals surface area (Å²) in [4.78, 5) is 9.83. The summed E-state index contributed by atoms with van der Waals surface area (Å²) in [6.07, 6.45) is 4.22. The average Bonchev–Trinajstić information content (AvgIpc) is 2.57. The lowest BCUT2D eigenvalue weighted by Crippen LogP contribution is -1.84. The predicted molar refractivity (Wildman–Crippen MR) is 34.7 cm³/mol. The first-order valence-corrected chi connectivity index (χ1v) is 2.67. The van der Waals surface area contributed by atoms with Crippen LogP contribution in [0.15, 0.2) is 27.8 Å². The van der Waals surface area contributed by atoms with E-state index in [1.165, 1.54) is 0 Å². The summed E-state index contributed by atoms with van der Waals surface area (Å²) >= 11 is 0. The van der Waals surface area contributed by atoms with Gasteiger partial charge in [0.25, 0.3) is 0 Å². The van der Waals surface area contributed by atoms with Crippen molar-refractivity contribution in [1.82, 2.24) is 15.4 Å². The van der Waals surface area contributed by atoms with Crippen LogP contribution in [0.1, 0.15) is 0 Å². The van der Waals surface area contributed by atoms with Crippen molar-refractivity contribution in [2.75, 3.05) is 0 Å². The smallest absolute Gasteiger partial charge is 0.264 e. The molecule has 0 radical (unpaired) electrons. The van der Waals surface area contributed by atoms with Gasteiger partial charge in [-0.3, -0.25) is 4.79 Å². The number of hydrogen-bond donors (Lipinski definition) is 1. The summed E-state index contributed by atoms with van der Waals surface area (Å²) < 4.78 is 0. The Morgan fingerprint density at radius 2 is 2.00 bits per heavy atom. The summed E-state index contributed by atoms with van der Waals surface area (Å²) in [6, 6.07) is 0. The second-order valence-corrected chi connectivity index (χ2v) is 1.43. The van der Waals surface area contributed by atoms with Gasteiger partial charge in [-0.25, -0.2) is 0 Å². The van der Waals surface area contributed by atoms with Crippen LogP contribution in [-0.2, 0) is 4.79 Å². The van der Waals surface area contributed by atoms with Crippen molar-refractivity contribution in [3.05, 3.63) is 12.4 Å². The van der Waals surface area contributed by atoms with Gasteiger partial charge in [-0.1, -0.05) is 5.11 Å². The molecule has 11 heavy (non-hydrogen) atoms. The highest BCUT2D eigenvalue weighted by Crippen LogP contribution is 1.83. The van der Waals surface area contributed by atoms with Crippen LogP contribution in [-0.4, -0.2) is 27.5 Å². The number of hydrogen-bond acceptors (Lipinski definition) is 5. The Kier molecular flexibility index (Phi) is 2.61. The second kappa shape index (κ2) is 3.99. The first-order valence-electron chi connectivity index (χ1n) is 2.67. The molecule has 0 aliphatic carbocycles. The van der Waals surface area contributed by atoms with Crippen LogP contribution in [0, 0.1) is 0 Å². The zero-order chi connectivity index (χ0) is 7.94. The summed E-state index contributed by atoms with van der Waals surface area (Å²) in [5.74, 6) is -0.380. The molecule has 0 atom stereocenters. The average molecular weight is 152 g/mol. The van der Waals surface area contributed by atoms with Gasteiger partial charge in [-0.15, -0.1) is 5.10 Å². The largest absolute Gasteiger partial charge is 0.310 e. The van der Waals surface area contributed by atoms with Gasteiger partial charge in [-0.05, 0) is 5.22 Å². The van der Waals surface area contributed by atoms with Crippen molar-refractivity contribution in [1.29, 1.82) is 0 Å². The van der Waals surface area contributed by atoms with Crippen molar-refractivity contribution in [2.24, 2.45) is 15.4 Å². The molecule has 1 aliphatic heterocycles. The van der Waals surface area contributed by atoms with E-state index in [1.54, 1.807) is 12.4 Å². The summed E-state index contributed by atoms with van der Waals surface area (Å²) in [5.41, 5.74) is 0. The van der Waals surface area contributed by atoms with E-state index in [-0.39, 0.29) is 5.91 Å².